The Balaban J connectivity index is 2.79. The molecule has 0 aliphatic heterocycles. The number of ketones is 1. The summed E-state index contributed by atoms with van der Waals surface area (Å²) in [5.74, 6) is 1.23. The molecule has 1 N–H and O–H groups in total. The van der Waals surface area contributed by atoms with Crippen molar-refractivity contribution >= 4 is 5.78 Å². The van der Waals surface area contributed by atoms with Crippen LogP contribution in [0.3, 0.4) is 0 Å². The second kappa shape index (κ2) is 7.12. The van der Waals surface area contributed by atoms with E-state index in [0.29, 0.717) is 11.7 Å². The molecule has 0 radical (unpaired) electrons. The van der Waals surface area contributed by atoms with Gasteiger partial charge in [-0.25, -0.2) is 0 Å². The summed E-state index contributed by atoms with van der Waals surface area (Å²) in [6.07, 6.45) is 8.56. The molecule has 2 atom stereocenters. The molecule has 2 nitrogen and oxygen atoms in total. The number of hydrogen-bond acceptors (Lipinski definition) is 2. The molecular formula is C17H30O2. The van der Waals surface area contributed by atoms with Crippen molar-refractivity contribution in [3.05, 3.63) is 11.8 Å². The highest BCUT2D eigenvalue weighted by atomic mass is 16.3. The van der Waals surface area contributed by atoms with Crippen LogP contribution in [0.15, 0.2) is 11.8 Å². The Bertz CT molecular complexity index is 318. The highest BCUT2D eigenvalue weighted by molar-refractivity contribution is 5.92. The van der Waals surface area contributed by atoms with Gasteiger partial charge < -0.3 is 5.11 Å². The van der Waals surface area contributed by atoms with E-state index in [1.165, 1.54) is 6.42 Å². The average molecular weight is 266 g/mol. The molecule has 19 heavy (non-hydrogen) atoms. The minimum absolute atomic E-state index is 0.133. The lowest BCUT2D eigenvalue weighted by molar-refractivity contribution is -0.119. The third kappa shape index (κ3) is 3.84. The molecule has 2 heteroatoms. The first-order valence-corrected chi connectivity index (χ1v) is 7.94. The molecule has 0 saturated heterocycles. The van der Waals surface area contributed by atoms with Gasteiger partial charge in [-0.2, -0.15) is 0 Å². The Morgan fingerprint density at radius 2 is 1.79 bits per heavy atom. The van der Waals surface area contributed by atoms with Gasteiger partial charge in [0.2, 0.25) is 0 Å². The normalized spacial score (nSPS) is 25.4. The van der Waals surface area contributed by atoms with Crippen molar-refractivity contribution in [3.63, 3.8) is 0 Å². The van der Waals surface area contributed by atoms with Crippen LogP contribution in [0.1, 0.15) is 72.6 Å². The van der Waals surface area contributed by atoms with Crippen LogP contribution in [-0.4, -0.2) is 10.9 Å². The van der Waals surface area contributed by atoms with Crippen molar-refractivity contribution in [3.8, 4) is 0 Å². The van der Waals surface area contributed by atoms with Crippen molar-refractivity contribution < 1.29 is 9.90 Å². The lowest BCUT2D eigenvalue weighted by atomic mass is 9.76. The van der Waals surface area contributed by atoms with Crippen molar-refractivity contribution in [2.45, 2.75) is 72.6 Å². The van der Waals surface area contributed by atoms with Crippen LogP contribution in [0.2, 0.25) is 0 Å². The molecule has 0 heterocycles. The van der Waals surface area contributed by atoms with Gasteiger partial charge in [0.25, 0.3) is 0 Å². The molecule has 1 rings (SSSR count). The molecule has 110 valence electrons. The lowest BCUT2D eigenvalue weighted by Crippen LogP contribution is -2.24. The summed E-state index contributed by atoms with van der Waals surface area (Å²) in [5.41, 5.74) is -0.198. The summed E-state index contributed by atoms with van der Waals surface area (Å²) in [4.78, 5) is 12.3. The smallest absolute Gasteiger partial charge is 0.162 e. The summed E-state index contributed by atoms with van der Waals surface area (Å²) in [5, 5.41) is 10.4. The Labute approximate surface area is 118 Å². The van der Waals surface area contributed by atoms with Crippen LogP contribution in [0.25, 0.3) is 0 Å². The van der Waals surface area contributed by atoms with E-state index in [9.17, 15) is 9.90 Å². The van der Waals surface area contributed by atoms with Crippen LogP contribution in [0, 0.1) is 17.3 Å². The van der Waals surface area contributed by atoms with E-state index in [4.69, 9.17) is 0 Å². The molecule has 1 saturated carbocycles. The number of aliphatic hydroxyl groups is 1. The minimum Gasteiger partial charge on any atom is -0.512 e. The molecule has 0 aromatic rings. The van der Waals surface area contributed by atoms with Crippen molar-refractivity contribution in [2.75, 3.05) is 0 Å². The fourth-order valence-electron chi connectivity index (χ4n) is 3.39. The van der Waals surface area contributed by atoms with Crippen LogP contribution < -0.4 is 0 Å². The van der Waals surface area contributed by atoms with Gasteiger partial charge in [0.15, 0.2) is 5.78 Å². The summed E-state index contributed by atoms with van der Waals surface area (Å²) in [6.45, 7) is 8.48. The highest BCUT2D eigenvalue weighted by Gasteiger charge is 2.31. The van der Waals surface area contributed by atoms with Crippen LogP contribution >= 0.6 is 0 Å². The molecule has 0 aromatic heterocycles. The highest BCUT2D eigenvalue weighted by Crippen LogP contribution is 2.38. The Hall–Kier alpha value is -0.790. The predicted molar refractivity (Wildman–Crippen MR) is 80.1 cm³/mol. The van der Waals surface area contributed by atoms with Gasteiger partial charge in [-0.1, -0.05) is 40.5 Å². The summed E-state index contributed by atoms with van der Waals surface area (Å²) < 4.78 is 0. The number of allylic oxidation sites excluding steroid dienone is 2. The maximum Gasteiger partial charge on any atom is 0.162 e. The van der Waals surface area contributed by atoms with E-state index in [-0.39, 0.29) is 17.1 Å². The summed E-state index contributed by atoms with van der Waals surface area (Å²) >= 11 is 0. The number of carbonyl (C=O) groups excluding carboxylic acids is 1. The zero-order valence-electron chi connectivity index (χ0n) is 13.0. The number of rotatable bonds is 6. The van der Waals surface area contributed by atoms with E-state index in [2.05, 4.69) is 27.7 Å². The van der Waals surface area contributed by atoms with Gasteiger partial charge in [-0.3, -0.25) is 4.79 Å². The minimum atomic E-state index is -0.198. The maximum atomic E-state index is 12.3. The SMILES string of the molecule is CCC(CC)(CC)C(O)=CC(=O)C1CCCC(C)C1. The molecule has 0 amide bonds. The fraction of sp³-hybridized carbons (Fsp3) is 0.824. The molecular weight excluding hydrogens is 236 g/mol. The van der Waals surface area contributed by atoms with Gasteiger partial charge in [-0.05, 0) is 38.0 Å². The molecule has 0 bridgehead atoms. The van der Waals surface area contributed by atoms with Crippen molar-refractivity contribution in [2.24, 2.45) is 17.3 Å². The molecule has 2 unspecified atom stereocenters. The standard InChI is InChI=1S/C17H30O2/c1-5-17(6-2,7-3)16(19)12-15(18)14-10-8-9-13(4)11-14/h12-14,19H,5-11H2,1-4H3. The van der Waals surface area contributed by atoms with Gasteiger partial charge >= 0.3 is 0 Å². The van der Waals surface area contributed by atoms with E-state index in [0.717, 1.165) is 38.5 Å². The number of aliphatic hydroxyl groups excluding tert-OH is 1. The first kappa shape index (κ1) is 16.3. The molecule has 1 fully saturated rings. The predicted octanol–water partition coefficient (Wildman–Crippen LogP) is 5.04. The van der Waals surface area contributed by atoms with Gasteiger partial charge in [0, 0.05) is 17.4 Å². The van der Waals surface area contributed by atoms with Gasteiger partial charge in [-0.15, -0.1) is 0 Å². The summed E-state index contributed by atoms with van der Waals surface area (Å²) in [7, 11) is 0. The molecule has 1 aliphatic carbocycles. The number of carbonyl (C=O) groups is 1. The fourth-order valence-corrected chi connectivity index (χ4v) is 3.39. The van der Waals surface area contributed by atoms with Crippen LogP contribution in [0.5, 0.6) is 0 Å². The molecule has 1 aliphatic rings. The first-order chi connectivity index (χ1) is 8.99. The molecule has 0 spiro atoms. The van der Waals surface area contributed by atoms with E-state index in [1.54, 1.807) is 6.08 Å². The van der Waals surface area contributed by atoms with Gasteiger partial charge in [0.05, 0.1) is 0 Å². The van der Waals surface area contributed by atoms with E-state index in [1.807, 2.05) is 0 Å². The molecule has 0 aromatic carbocycles. The zero-order chi connectivity index (χ0) is 14.5. The van der Waals surface area contributed by atoms with Crippen LogP contribution in [-0.2, 0) is 4.79 Å². The average Bonchev–Trinajstić information content (AvgIpc) is 2.41. The second-order valence-corrected chi connectivity index (χ2v) is 6.24. The first-order valence-electron chi connectivity index (χ1n) is 7.94. The monoisotopic (exact) mass is 266 g/mol. The topological polar surface area (TPSA) is 37.3 Å². The maximum absolute atomic E-state index is 12.3. The third-order valence-corrected chi connectivity index (χ3v) is 5.19. The summed E-state index contributed by atoms with van der Waals surface area (Å²) in [6, 6.07) is 0. The van der Waals surface area contributed by atoms with E-state index < -0.39 is 0 Å². The lowest BCUT2D eigenvalue weighted by Gasteiger charge is -2.30. The second-order valence-electron chi connectivity index (χ2n) is 6.24. The Morgan fingerprint density at radius 3 is 2.26 bits per heavy atom. The van der Waals surface area contributed by atoms with Crippen molar-refractivity contribution in [1.29, 1.82) is 0 Å². The Kier molecular flexibility index (Phi) is 6.09. The quantitative estimate of drug-likeness (QED) is 0.540. The van der Waals surface area contributed by atoms with Crippen molar-refractivity contribution in [1.82, 2.24) is 0 Å². The van der Waals surface area contributed by atoms with Crippen LogP contribution in [0.4, 0.5) is 0 Å². The third-order valence-electron chi connectivity index (χ3n) is 5.19. The largest absolute Gasteiger partial charge is 0.512 e. The zero-order valence-corrected chi connectivity index (χ0v) is 13.0. The number of hydrogen-bond donors (Lipinski definition) is 1. The Morgan fingerprint density at radius 1 is 1.21 bits per heavy atom. The van der Waals surface area contributed by atoms with Gasteiger partial charge in [0.1, 0.15) is 5.76 Å². The van der Waals surface area contributed by atoms with E-state index >= 15 is 0 Å².